The molecule has 0 aromatic carbocycles. The fourth-order valence-electron chi connectivity index (χ4n) is 1.17. The van der Waals surface area contributed by atoms with E-state index < -0.39 is 20.2 Å². The minimum atomic E-state index is -1.18. The van der Waals surface area contributed by atoms with Crippen molar-refractivity contribution in [1.82, 2.24) is 16.2 Å². The highest BCUT2D eigenvalue weighted by Gasteiger charge is 2.26. The Morgan fingerprint density at radius 1 is 1.56 bits per heavy atom. The van der Waals surface area contributed by atoms with Crippen molar-refractivity contribution in [2.45, 2.75) is 31.7 Å². The molecular weight excluding hydrogens is 226 g/mol. The zero-order valence-electron chi connectivity index (χ0n) is 9.92. The van der Waals surface area contributed by atoms with Crippen LogP contribution in [-0.2, 0) is 9.53 Å². The van der Waals surface area contributed by atoms with Crippen molar-refractivity contribution in [2.24, 2.45) is 0 Å². The van der Waals surface area contributed by atoms with Gasteiger partial charge in [0.2, 0.25) is 0 Å². The Morgan fingerprint density at radius 2 is 2.25 bits per heavy atom. The molecule has 0 aromatic heterocycles. The molecule has 0 aromatic rings. The molecule has 16 heavy (non-hydrogen) atoms. The van der Waals surface area contributed by atoms with E-state index in [1.807, 2.05) is 0 Å². The summed E-state index contributed by atoms with van der Waals surface area (Å²) in [6.07, 6.45) is -0.526. The summed E-state index contributed by atoms with van der Waals surface area (Å²) in [4.78, 5) is 22.4. The minimum absolute atomic E-state index is 0.234. The molecule has 7 heteroatoms. The van der Waals surface area contributed by atoms with Gasteiger partial charge in [0.25, 0.3) is 5.91 Å². The maximum atomic E-state index is 11.3. The van der Waals surface area contributed by atoms with Gasteiger partial charge in [-0.3, -0.25) is 10.2 Å². The van der Waals surface area contributed by atoms with Crippen LogP contribution >= 0.6 is 0 Å². The Morgan fingerprint density at radius 3 is 2.75 bits per heavy atom. The van der Waals surface area contributed by atoms with Gasteiger partial charge in [0.1, 0.15) is 6.04 Å². The van der Waals surface area contributed by atoms with Crippen molar-refractivity contribution in [3.05, 3.63) is 0 Å². The van der Waals surface area contributed by atoms with Crippen LogP contribution in [-0.4, -0.2) is 39.3 Å². The largest absolute Gasteiger partial charge is 0.450 e. The molecule has 1 aliphatic heterocycles. The van der Waals surface area contributed by atoms with Crippen molar-refractivity contribution in [2.75, 3.05) is 13.2 Å². The van der Waals surface area contributed by atoms with Gasteiger partial charge >= 0.3 is 6.09 Å². The van der Waals surface area contributed by atoms with Crippen molar-refractivity contribution in [3.63, 3.8) is 0 Å². The summed E-state index contributed by atoms with van der Waals surface area (Å²) in [5.74, 6) is -0.234. The Hall–Kier alpha value is -1.08. The molecule has 0 bridgehead atoms. The van der Waals surface area contributed by atoms with Crippen molar-refractivity contribution in [3.8, 4) is 0 Å². The smallest absolute Gasteiger partial charge is 0.407 e. The molecule has 3 N–H and O–H groups in total. The molecular formula is C9H19N3O3Si. The van der Waals surface area contributed by atoms with Crippen molar-refractivity contribution in [1.29, 1.82) is 0 Å². The monoisotopic (exact) mass is 245 g/mol. The maximum Gasteiger partial charge on any atom is 0.407 e. The molecule has 0 radical (unpaired) electrons. The average Bonchev–Trinajstić information content (AvgIpc) is 2.49. The second-order valence-corrected chi connectivity index (χ2v) is 10.6. The first-order valence-electron chi connectivity index (χ1n) is 5.34. The number of carbonyl (C=O) groups excluding carboxylic acids is 2. The lowest BCUT2D eigenvalue weighted by atomic mass is 10.3. The first kappa shape index (κ1) is 13.0. The molecule has 1 saturated heterocycles. The highest BCUT2D eigenvalue weighted by molar-refractivity contribution is 6.76. The Bertz CT molecular complexity index is 278. The van der Waals surface area contributed by atoms with E-state index >= 15 is 0 Å². The van der Waals surface area contributed by atoms with Gasteiger partial charge in [0.15, 0.2) is 0 Å². The van der Waals surface area contributed by atoms with E-state index in [1.54, 1.807) is 0 Å². The Labute approximate surface area is 96.1 Å². The number of hydrazine groups is 1. The molecule has 0 aliphatic carbocycles. The normalized spacial score (nSPS) is 20.4. The molecule has 1 rings (SSSR count). The summed E-state index contributed by atoms with van der Waals surface area (Å²) >= 11 is 0. The molecule has 0 unspecified atom stereocenters. The van der Waals surface area contributed by atoms with Gasteiger partial charge in [0.05, 0.1) is 6.61 Å². The van der Waals surface area contributed by atoms with Crippen LogP contribution in [0.15, 0.2) is 0 Å². The summed E-state index contributed by atoms with van der Waals surface area (Å²) in [5, 5.41) is 2.49. The quantitative estimate of drug-likeness (QED) is 0.612. The highest BCUT2D eigenvalue weighted by Crippen LogP contribution is 2.07. The van der Waals surface area contributed by atoms with Crippen LogP contribution in [0, 0.1) is 0 Å². The standard InChI is InChI=1S/C9H19N3O3Si/c1-16(2,3)5-4-15-9(14)11-7-6-10-12-8(7)13/h7,10H,4-6H2,1-3H3,(H,11,14)(H,12,13)/t7-/m0/s1. The maximum absolute atomic E-state index is 11.3. The predicted molar refractivity (Wildman–Crippen MR) is 62.6 cm³/mol. The van der Waals surface area contributed by atoms with Crippen LogP contribution in [0.4, 0.5) is 4.79 Å². The lowest BCUT2D eigenvalue weighted by molar-refractivity contribution is -0.121. The number of ether oxygens (including phenoxy) is 1. The van der Waals surface area contributed by atoms with Gasteiger partial charge in [-0.25, -0.2) is 10.2 Å². The fourth-order valence-corrected chi connectivity index (χ4v) is 1.88. The number of hydrogen-bond donors (Lipinski definition) is 3. The molecule has 1 fully saturated rings. The fraction of sp³-hybridized carbons (Fsp3) is 0.778. The van der Waals surface area contributed by atoms with E-state index in [1.165, 1.54) is 0 Å². The molecule has 1 atom stereocenters. The Balaban J connectivity index is 2.18. The first-order chi connectivity index (χ1) is 7.38. The molecule has 1 heterocycles. The van der Waals surface area contributed by atoms with E-state index in [0.717, 1.165) is 6.04 Å². The average molecular weight is 245 g/mol. The van der Waals surface area contributed by atoms with Crippen LogP contribution in [0.2, 0.25) is 25.7 Å². The van der Waals surface area contributed by atoms with Gasteiger partial charge < -0.3 is 10.1 Å². The molecule has 1 aliphatic rings. The third kappa shape index (κ3) is 4.62. The van der Waals surface area contributed by atoms with Gasteiger partial charge in [-0.15, -0.1) is 0 Å². The SMILES string of the molecule is C[Si](C)(C)CCOC(=O)N[C@H]1CNNC1=O. The molecule has 92 valence electrons. The minimum Gasteiger partial charge on any atom is -0.450 e. The van der Waals surface area contributed by atoms with Crippen molar-refractivity contribution >= 4 is 20.1 Å². The second kappa shape index (κ2) is 5.31. The van der Waals surface area contributed by atoms with Crippen LogP contribution in [0.1, 0.15) is 0 Å². The summed E-state index contributed by atoms with van der Waals surface area (Å²) in [6.45, 7) is 7.44. The number of rotatable bonds is 4. The summed E-state index contributed by atoms with van der Waals surface area (Å²) in [6, 6.07) is 0.398. The predicted octanol–water partition coefficient (Wildman–Crippen LogP) is 0.0538. The first-order valence-corrected chi connectivity index (χ1v) is 9.05. The number of nitrogens with one attached hydrogen (secondary N) is 3. The van der Waals surface area contributed by atoms with Gasteiger partial charge in [-0.05, 0) is 6.04 Å². The van der Waals surface area contributed by atoms with E-state index in [2.05, 4.69) is 35.8 Å². The topological polar surface area (TPSA) is 79.5 Å². The number of carbonyl (C=O) groups is 2. The number of alkyl carbamates (subject to hydrolysis) is 1. The number of hydrogen-bond acceptors (Lipinski definition) is 4. The Kier molecular flexibility index (Phi) is 4.31. The van der Waals surface area contributed by atoms with Gasteiger partial charge in [-0.2, -0.15) is 0 Å². The lowest BCUT2D eigenvalue weighted by Crippen LogP contribution is -2.42. The molecule has 2 amide bonds. The summed E-state index contributed by atoms with van der Waals surface area (Å²) in [7, 11) is -1.18. The van der Waals surface area contributed by atoms with E-state index in [-0.39, 0.29) is 5.91 Å². The molecule has 6 nitrogen and oxygen atoms in total. The zero-order valence-corrected chi connectivity index (χ0v) is 10.9. The van der Waals surface area contributed by atoms with Crippen LogP contribution in [0.3, 0.4) is 0 Å². The van der Waals surface area contributed by atoms with Crippen LogP contribution in [0.5, 0.6) is 0 Å². The zero-order chi connectivity index (χ0) is 12.2. The van der Waals surface area contributed by atoms with E-state index in [4.69, 9.17) is 4.74 Å². The van der Waals surface area contributed by atoms with E-state index in [0.29, 0.717) is 13.2 Å². The molecule has 0 spiro atoms. The summed E-state index contributed by atoms with van der Waals surface area (Å²) < 4.78 is 5.01. The van der Waals surface area contributed by atoms with Crippen LogP contribution in [0.25, 0.3) is 0 Å². The summed E-state index contributed by atoms with van der Waals surface area (Å²) in [5.41, 5.74) is 5.05. The van der Waals surface area contributed by atoms with Gasteiger partial charge in [-0.1, -0.05) is 19.6 Å². The van der Waals surface area contributed by atoms with Crippen LogP contribution < -0.4 is 16.2 Å². The van der Waals surface area contributed by atoms with Gasteiger partial charge in [0, 0.05) is 14.6 Å². The van der Waals surface area contributed by atoms with Crippen molar-refractivity contribution < 1.29 is 14.3 Å². The lowest BCUT2D eigenvalue weighted by Gasteiger charge is -2.16. The van der Waals surface area contributed by atoms with E-state index in [9.17, 15) is 9.59 Å². The molecule has 0 saturated carbocycles. The third-order valence-corrected chi connectivity index (χ3v) is 3.92. The second-order valence-electron chi connectivity index (χ2n) is 5.01. The number of amides is 2. The third-order valence-electron chi connectivity index (χ3n) is 2.21. The highest BCUT2D eigenvalue weighted by atomic mass is 28.3.